The maximum Gasteiger partial charge on any atom is 0.0541 e. The van der Waals surface area contributed by atoms with Crippen LogP contribution in [-0.4, -0.2) is 18.3 Å². The van der Waals surface area contributed by atoms with E-state index >= 15 is 0 Å². The second-order valence-electron chi connectivity index (χ2n) is 29.2. The van der Waals surface area contributed by atoms with Gasteiger partial charge in [0.2, 0.25) is 0 Å². The Bertz CT molecular complexity index is 7090. The fourth-order valence-electron chi connectivity index (χ4n) is 17.2. The first-order valence-corrected chi connectivity index (χ1v) is 38.5. The maximum absolute atomic E-state index is 2.40. The van der Waals surface area contributed by atoms with Gasteiger partial charge in [-0.15, -0.1) is 0 Å². The van der Waals surface area contributed by atoms with Crippen molar-refractivity contribution in [3.8, 4) is 112 Å². The largest absolute Gasteiger partial charge is 0.309 e. The molecule has 0 N–H and O–H groups in total. The van der Waals surface area contributed by atoms with Crippen LogP contribution >= 0.6 is 0 Å². The first-order valence-electron chi connectivity index (χ1n) is 38.5. The van der Waals surface area contributed by atoms with E-state index in [1.54, 1.807) is 0 Å². The molecule has 0 spiro atoms. The SMILES string of the molecule is c1ccc(-c2ccc(-n3c4ccccc4c4cc(-c5ccc(-c6ccc7c(c6)c6ccccc6n7-c6cccc(-c7ccccc7)c6)cc5)ccc43)cc2)cc1.c1ccc(-c2cccc(-n3c4ccccc4c4cc(-c5ccc(-c6ccc7c(c6)c6ccccc6n7-c6cccc(-c7ccccc7)c6)cc5)ccc43)c2)cc1. The summed E-state index contributed by atoms with van der Waals surface area (Å²) in [6.07, 6.45) is 0. The first-order chi connectivity index (χ1) is 55.5. The summed E-state index contributed by atoms with van der Waals surface area (Å²) in [5.74, 6) is 0. The number of para-hydroxylation sites is 4. The Labute approximate surface area is 649 Å². The van der Waals surface area contributed by atoms with E-state index in [0.29, 0.717) is 0 Å². The van der Waals surface area contributed by atoms with Crippen LogP contribution in [0.4, 0.5) is 0 Å². The van der Waals surface area contributed by atoms with Crippen molar-refractivity contribution in [2.75, 3.05) is 0 Å². The minimum Gasteiger partial charge on any atom is -0.309 e. The molecule has 112 heavy (non-hydrogen) atoms. The quantitative estimate of drug-likeness (QED) is 0.116. The van der Waals surface area contributed by atoms with Crippen molar-refractivity contribution in [2.24, 2.45) is 0 Å². The molecule has 0 fully saturated rings. The molecule has 0 saturated carbocycles. The number of hydrogen-bond acceptors (Lipinski definition) is 0. The maximum atomic E-state index is 2.40. The van der Waals surface area contributed by atoms with E-state index < -0.39 is 0 Å². The highest BCUT2D eigenvalue weighted by atomic mass is 15.0. The number of fused-ring (bicyclic) bond motifs is 12. The highest BCUT2D eigenvalue weighted by molar-refractivity contribution is 6.14. The first kappa shape index (κ1) is 65.5. The van der Waals surface area contributed by atoms with E-state index in [-0.39, 0.29) is 0 Å². The zero-order chi connectivity index (χ0) is 74.0. The molecule has 0 unspecified atom stereocenters. The van der Waals surface area contributed by atoms with Gasteiger partial charge in [-0.25, -0.2) is 0 Å². The van der Waals surface area contributed by atoms with Crippen molar-refractivity contribution in [2.45, 2.75) is 0 Å². The van der Waals surface area contributed by atoms with Crippen molar-refractivity contribution in [3.63, 3.8) is 0 Å². The van der Waals surface area contributed by atoms with Crippen LogP contribution in [-0.2, 0) is 0 Å². The monoisotopic (exact) mass is 1420 g/mol. The Balaban J connectivity index is 0.000000141. The summed E-state index contributed by atoms with van der Waals surface area (Å²) in [5.41, 5.74) is 33.7. The third kappa shape index (κ3) is 11.6. The number of nitrogens with zero attached hydrogens (tertiary/aromatic N) is 4. The van der Waals surface area contributed by atoms with Crippen LogP contribution in [0, 0.1) is 0 Å². The number of benzene rings is 18. The normalized spacial score (nSPS) is 11.6. The van der Waals surface area contributed by atoms with E-state index in [0.717, 1.165) is 22.7 Å². The molecule has 0 radical (unpaired) electrons. The van der Waals surface area contributed by atoms with Gasteiger partial charge in [-0.3, -0.25) is 0 Å². The van der Waals surface area contributed by atoms with Crippen LogP contribution in [0.3, 0.4) is 0 Å². The van der Waals surface area contributed by atoms with Gasteiger partial charge in [-0.2, -0.15) is 0 Å². The van der Waals surface area contributed by atoms with Gasteiger partial charge in [0.15, 0.2) is 0 Å². The van der Waals surface area contributed by atoms with Crippen LogP contribution in [0.1, 0.15) is 0 Å². The Morgan fingerprint density at radius 2 is 0.277 bits per heavy atom. The molecule has 18 aromatic carbocycles. The van der Waals surface area contributed by atoms with Gasteiger partial charge in [0, 0.05) is 65.8 Å². The lowest BCUT2D eigenvalue weighted by atomic mass is 9.98. The predicted octanol–water partition coefficient (Wildman–Crippen LogP) is 29.1. The molecular weight excluding hydrogens is 1350 g/mol. The highest BCUT2D eigenvalue weighted by Crippen LogP contribution is 2.43. The van der Waals surface area contributed by atoms with Crippen molar-refractivity contribution in [1.29, 1.82) is 0 Å². The highest BCUT2D eigenvalue weighted by Gasteiger charge is 2.20. The van der Waals surface area contributed by atoms with E-state index in [4.69, 9.17) is 0 Å². The number of aromatic nitrogens is 4. The van der Waals surface area contributed by atoms with Crippen LogP contribution in [0.15, 0.2) is 437 Å². The van der Waals surface area contributed by atoms with E-state index in [1.807, 2.05) is 0 Å². The minimum absolute atomic E-state index is 1.16. The third-order valence-electron chi connectivity index (χ3n) is 22.7. The summed E-state index contributed by atoms with van der Waals surface area (Å²) in [6, 6.07) is 159. The minimum atomic E-state index is 1.16. The van der Waals surface area contributed by atoms with Crippen LogP contribution in [0.5, 0.6) is 0 Å². The summed E-state index contributed by atoms with van der Waals surface area (Å²) in [5, 5.41) is 10.0. The van der Waals surface area contributed by atoms with Crippen LogP contribution < -0.4 is 0 Å². The Morgan fingerprint density at radius 3 is 0.554 bits per heavy atom. The van der Waals surface area contributed by atoms with Crippen molar-refractivity contribution >= 4 is 87.2 Å². The van der Waals surface area contributed by atoms with Gasteiger partial charge in [-0.1, -0.05) is 315 Å². The molecule has 0 aliphatic heterocycles. The van der Waals surface area contributed by atoms with Gasteiger partial charge < -0.3 is 18.3 Å². The molecule has 0 amide bonds. The van der Waals surface area contributed by atoms with E-state index in [2.05, 4.69) is 455 Å². The van der Waals surface area contributed by atoms with Crippen molar-refractivity contribution < 1.29 is 0 Å². The lowest BCUT2D eigenvalue weighted by Gasteiger charge is -2.11. The fraction of sp³-hybridized carbons (Fsp3) is 0. The van der Waals surface area contributed by atoms with Crippen LogP contribution in [0.25, 0.3) is 199 Å². The molecule has 22 rings (SSSR count). The fourth-order valence-corrected chi connectivity index (χ4v) is 17.2. The Hall–Kier alpha value is -14.8. The lowest BCUT2D eigenvalue weighted by Crippen LogP contribution is -1.94. The molecule has 0 atom stereocenters. The second kappa shape index (κ2) is 27.7. The van der Waals surface area contributed by atoms with Gasteiger partial charge in [-0.05, 0) is 210 Å². The molecule has 4 heteroatoms. The van der Waals surface area contributed by atoms with Crippen molar-refractivity contribution in [1.82, 2.24) is 18.3 Å². The Morgan fingerprint density at radius 1 is 0.0982 bits per heavy atom. The molecular formula is C108H72N4. The molecule has 0 saturated heterocycles. The molecule has 0 aliphatic carbocycles. The zero-order valence-corrected chi connectivity index (χ0v) is 61.4. The van der Waals surface area contributed by atoms with Gasteiger partial charge in [0.25, 0.3) is 0 Å². The molecule has 524 valence electrons. The Kier molecular flexibility index (Phi) is 16.2. The van der Waals surface area contributed by atoms with Gasteiger partial charge >= 0.3 is 0 Å². The summed E-state index contributed by atoms with van der Waals surface area (Å²) >= 11 is 0. The molecule has 4 nitrogen and oxygen atoms in total. The molecule has 4 aromatic heterocycles. The number of rotatable bonds is 12. The molecule has 22 aromatic rings. The average molecular weight is 1430 g/mol. The number of hydrogen-bond donors (Lipinski definition) is 0. The van der Waals surface area contributed by atoms with Crippen LogP contribution in [0.2, 0.25) is 0 Å². The van der Waals surface area contributed by atoms with Crippen molar-refractivity contribution in [3.05, 3.63) is 437 Å². The van der Waals surface area contributed by atoms with Gasteiger partial charge in [0.05, 0.1) is 44.1 Å². The predicted molar refractivity (Wildman–Crippen MR) is 474 cm³/mol. The molecule has 4 heterocycles. The summed E-state index contributed by atoms with van der Waals surface area (Å²) in [4.78, 5) is 0. The summed E-state index contributed by atoms with van der Waals surface area (Å²) < 4.78 is 9.59. The topological polar surface area (TPSA) is 19.7 Å². The van der Waals surface area contributed by atoms with E-state index in [9.17, 15) is 0 Å². The molecule has 0 aliphatic rings. The standard InChI is InChI=1S/2C54H36N2/c1-3-13-37(14-4-1)41-17-11-19-45(33-41)55-51-23-9-7-21-47(51)49-35-43(29-31-53(49)55)39-25-27-40(28-26-39)44-30-32-54-50(36-44)48-22-8-10-24-52(48)56(54)46-20-12-18-42(34-46)38-15-5-2-6-16-38;1-3-12-37(13-4-1)39-26-30-45(31-27-39)55-51-20-9-7-18-47(51)49-35-43(28-32-53(49)55)40-22-24-41(25-23-40)44-29-33-54-50(36-44)48-19-8-10-21-52(48)56(54)46-17-11-16-42(34-46)38-14-5-2-6-15-38/h2*1-36H. The zero-order valence-electron chi connectivity index (χ0n) is 61.4. The van der Waals surface area contributed by atoms with Gasteiger partial charge in [0.1, 0.15) is 0 Å². The summed E-state index contributed by atoms with van der Waals surface area (Å²) in [7, 11) is 0. The smallest absolute Gasteiger partial charge is 0.0541 e. The van der Waals surface area contributed by atoms with E-state index in [1.165, 1.54) is 176 Å². The average Bonchev–Trinajstić information content (AvgIpc) is 1.61. The third-order valence-corrected chi connectivity index (χ3v) is 22.7. The lowest BCUT2D eigenvalue weighted by molar-refractivity contribution is 1.18. The second-order valence-corrected chi connectivity index (χ2v) is 29.2. The summed E-state index contributed by atoms with van der Waals surface area (Å²) in [6.45, 7) is 0. The molecule has 0 bridgehead atoms.